The SMILES string of the molecule is CCOC(=O)c1ccc(N2C[C@@H](C(=O)NCc3ccccc3OC)CC2=O)cc1. The highest BCUT2D eigenvalue weighted by atomic mass is 16.5. The lowest BCUT2D eigenvalue weighted by Crippen LogP contribution is -2.32. The molecule has 2 aromatic rings. The van der Waals surface area contributed by atoms with Crippen molar-refractivity contribution >= 4 is 23.5 Å². The van der Waals surface area contributed by atoms with E-state index in [2.05, 4.69) is 5.32 Å². The van der Waals surface area contributed by atoms with E-state index in [1.165, 1.54) is 0 Å². The van der Waals surface area contributed by atoms with E-state index in [0.29, 0.717) is 36.7 Å². The topological polar surface area (TPSA) is 84.9 Å². The minimum Gasteiger partial charge on any atom is -0.496 e. The normalized spacial score (nSPS) is 15.9. The van der Waals surface area contributed by atoms with Gasteiger partial charge in [-0.3, -0.25) is 9.59 Å². The highest BCUT2D eigenvalue weighted by Gasteiger charge is 2.35. The van der Waals surface area contributed by atoms with Gasteiger partial charge in [-0.25, -0.2) is 4.79 Å². The molecule has 0 aliphatic carbocycles. The van der Waals surface area contributed by atoms with Crippen LogP contribution in [0.2, 0.25) is 0 Å². The summed E-state index contributed by atoms with van der Waals surface area (Å²) in [7, 11) is 1.58. The van der Waals surface area contributed by atoms with Crippen molar-refractivity contribution in [2.24, 2.45) is 5.92 Å². The van der Waals surface area contributed by atoms with Crippen molar-refractivity contribution in [2.75, 3.05) is 25.2 Å². The summed E-state index contributed by atoms with van der Waals surface area (Å²) in [6, 6.07) is 14.1. The Hall–Kier alpha value is -3.35. The van der Waals surface area contributed by atoms with Crippen molar-refractivity contribution in [3.8, 4) is 5.75 Å². The van der Waals surface area contributed by atoms with Crippen LogP contribution >= 0.6 is 0 Å². The number of nitrogens with zero attached hydrogens (tertiary/aromatic N) is 1. The van der Waals surface area contributed by atoms with Crippen LogP contribution in [0.15, 0.2) is 48.5 Å². The number of rotatable bonds is 7. The monoisotopic (exact) mass is 396 g/mol. The summed E-state index contributed by atoms with van der Waals surface area (Å²) in [6.07, 6.45) is 0.150. The van der Waals surface area contributed by atoms with Crippen molar-refractivity contribution in [1.82, 2.24) is 5.32 Å². The highest BCUT2D eigenvalue weighted by Crippen LogP contribution is 2.26. The van der Waals surface area contributed by atoms with Gasteiger partial charge in [-0.1, -0.05) is 18.2 Å². The molecule has 7 nitrogen and oxygen atoms in total. The standard InChI is InChI=1S/C22H24N2O5/c1-3-29-22(27)15-8-10-18(11-9-15)24-14-17(12-20(24)25)21(26)23-13-16-6-4-5-7-19(16)28-2/h4-11,17H,3,12-14H2,1-2H3,(H,23,26)/t17-/m0/s1. The zero-order valence-corrected chi connectivity index (χ0v) is 16.5. The molecule has 0 radical (unpaired) electrons. The number of hydrogen-bond acceptors (Lipinski definition) is 5. The van der Waals surface area contributed by atoms with Crippen LogP contribution in [0.3, 0.4) is 0 Å². The first-order valence-electron chi connectivity index (χ1n) is 9.50. The summed E-state index contributed by atoms with van der Waals surface area (Å²) in [5.41, 5.74) is 1.95. The summed E-state index contributed by atoms with van der Waals surface area (Å²) in [5.74, 6) is -0.415. The van der Waals surface area contributed by atoms with Crippen LogP contribution in [0.5, 0.6) is 5.75 Å². The molecule has 1 aliphatic heterocycles. The molecule has 29 heavy (non-hydrogen) atoms. The summed E-state index contributed by atoms with van der Waals surface area (Å²) in [5, 5.41) is 2.89. The number of methoxy groups -OCH3 is 1. The van der Waals surface area contributed by atoms with Gasteiger partial charge in [-0.2, -0.15) is 0 Å². The van der Waals surface area contributed by atoms with Gasteiger partial charge < -0.3 is 19.7 Å². The number of ether oxygens (including phenoxy) is 2. The fourth-order valence-corrected chi connectivity index (χ4v) is 3.30. The molecule has 1 heterocycles. The van der Waals surface area contributed by atoms with Gasteiger partial charge in [0.25, 0.3) is 0 Å². The maximum atomic E-state index is 12.6. The fourth-order valence-electron chi connectivity index (χ4n) is 3.30. The van der Waals surface area contributed by atoms with E-state index in [1.807, 2.05) is 24.3 Å². The Morgan fingerprint density at radius 3 is 2.55 bits per heavy atom. The van der Waals surface area contributed by atoms with Crippen LogP contribution in [0, 0.1) is 5.92 Å². The Morgan fingerprint density at radius 2 is 1.86 bits per heavy atom. The maximum Gasteiger partial charge on any atom is 0.338 e. The van der Waals surface area contributed by atoms with Crippen LogP contribution in [0.4, 0.5) is 5.69 Å². The molecular weight excluding hydrogens is 372 g/mol. The number of para-hydroxylation sites is 1. The molecule has 1 N–H and O–H groups in total. The third kappa shape index (κ3) is 4.74. The predicted octanol–water partition coefficient (Wildman–Crippen LogP) is 2.54. The average Bonchev–Trinajstić information content (AvgIpc) is 3.14. The van der Waals surface area contributed by atoms with Gasteiger partial charge in [0.1, 0.15) is 5.75 Å². The first-order chi connectivity index (χ1) is 14.0. The molecule has 0 bridgehead atoms. The number of nitrogens with one attached hydrogen (secondary N) is 1. The van der Waals surface area contributed by atoms with Gasteiger partial charge in [-0.05, 0) is 37.3 Å². The van der Waals surface area contributed by atoms with Crippen molar-refractivity contribution in [3.63, 3.8) is 0 Å². The van der Waals surface area contributed by atoms with Gasteiger partial charge in [0.05, 0.1) is 25.2 Å². The van der Waals surface area contributed by atoms with Crippen LogP contribution in [-0.2, 0) is 20.9 Å². The van der Waals surface area contributed by atoms with Gasteiger partial charge in [-0.15, -0.1) is 0 Å². The molecular formula is C22H24N2O5. The van der Waals surface area contributed by atoms with E-state index >= 15 is 0 Å². The molecule has 0 unspecified atom stereocenters. The average molecular weight is 396 g/mol. The van der Waals surface area contributed by atoms with Crippen molar-refractivity contribution < 1.29 is 23.9 Å². The third-order valence-electron chi connectivity index (χ3n) is 4.83. The Bertz CT molecular complexity index is 894. The lowest BCUT2D eigenvalue weighted by molar-refractivity contribution is -0.126. The second-order valence-electron chi connectivity index (χ2n) is 6.70. The molecule has 0 saturated carbocycles. The molecule has 7 heteroatoms. The van der Waals surface area contributed by atoms with Crippen LogP contribution in [0.1, 0.15) is 29.3 Å². The van der Waals surface area contributed by atoms with Crippen molar-refractivity contribution in [1.29, 1.82) is 0 Å². The van der Waals surface area contributed by atoms with E-state index < -0.39 is 11.9 Å². The molecule has 2 amide bonds. The van der Waals surface area contributed by atoms with Crippen LogP contribution < -0.4 is 15.0 Å². The fraction of sp³-hybridized carbons (Fsp3) is 0.318. The molecule has 1 aliphatic rings. The Morgan fingerprint density at radius 1 is 1.14 bits per heavy atom. The molecule has 0 aromatic heterocycles. The Labute approximate surface area is 169 Å². The van der Waals surface area contributed by atoms with E-state index in [0.717, 1.165) is 5.56 Å². The quantitative estimate of drug-likeness (QED) is 0.727. The number of carbonyl (C=O) groups excluding carboxylic acids is 3. The number of hydrogen-bond donors (Lipinski definition) is 1. The van der Waals surface area contributed by atoms with Gasteiger partial charge in [0.15, 0.2) is 0 Å². The molecule has 3 rings (SSSR count). The predicted molar refractivity (Wildman–Crippen MR) is 108 cm³/mol. The molecule has 1 saturated heterocycles. The number of anilines is 1. The maximum absolute atomic E-state index is 12.6. The highest BCUT2D eigenvalue weighted by molar-refractivity contribution is 6.00. The second-order valence-corrected chi connectivity index (χ2v) is 6.70. The number of carbonyl (C=O) groups is 3. The Kier molecular flexibility index (Phi) is 6.49. The minimum absolute atomic E-state index is 0.119. The summed E-state index contributed by atoms with van der Waals surface area (Å²) in [6.45, 7) is 2.68. The first kappa shape index (κ1) is 20.4. The molecule has 152 valence electrons. The van der Waals surface area contributed by atoms with E-state index in [4.69, 9.17) is 9.47 Å². The van der Waals surface area contributed by atoms with Crippen molar-refractivity contribution in [3.05, 3.63) is 59.7 Å². The molecule has 2 aromatic carbocycles. The van der Waals surface area contributed by atoms with E-state index in [1.54, 1.807) is 43.2 Å². The zero-order valence-electron chi connectivity index (χ0n) is 16.5. The lowest BCUT2D eigenvalue weighted by Gasteiger charge is -2.17. The summed E-state index contributed by atoms with van der Waals surface area (Å²) >= 11 is 0. The van der Waals surface area contributed by atoms with Gasteiger partial charge in [0, 0.05) is 30.8 Å². The molecule has 1 fully saturated rings. The number of amides is 2. The zero-order chi connectivity index (χ0) is 20.8. The largest absolute Gasteiger partial charge is 0.496 e. The first-order valence-corrected chi connectivity index (χ1v) is 9.50. The van der Waals surface area contributed by atoms with Crippen LogP contribution in [-0.4, -0.2) is 38.0 Å². The minimum atomic E-state index is -0.429. The second kappa shape index (κ2) is 9.23. The van der Waals surface area contributed by atoms with E-state index in [-0.39, 0.29) is 18.2 Å². The molecule has 1 atom stereocenters. The smallest absolute Gasteiger partial charge is 0.338 e. The van der Waals surface area contributed by atoms with Crippen molar-refractivity contribution in [2.45, 2.75) is 19.9 Å². The Balaban J connectivity index is 1.60. The third-order valence-corrected chi connectivity index (χ3v) is 4.83. The molecule has 0 spiro atoms. The van der Waals surface area contributed by atoms with Gasteiger partial charge in [0.2, 0.25) is 11.8 Å². The summed E-state index contributed by atoms with van der Waals surface area (Å²) < 4.78 is 10.3. The van der Waals surface area contributed by atoms with Crippen LogP contribution in [0.25, 0.3) is 0 Å². The lowest BCUT2D eigenvalue weighted by atomic mass is 10.1. The number of benzene rings is 2. The summed E-state index contributed by atoms with van der Waals surface area (Å²) in [4.78, 5) is 38.3. The number of esters is 1. The van der Waals surface area contributed by atoms with Gasteiger partial charge >= 0.3 is 5.97 Å². The van der Waals surface area contributed by atoms with E-state index in [9.17, 15) is 14.4 Å².